The summed E-state index contributed by atoms with van der Waals surface area (Å²) in [4.78, 5) is 10.6. The van der Waals surface area contributed by atoms with Gasteiger partial charge in [-0.2, -0.15) is 5.10 Å². The summed E-state index contributed by atoms with van der Waals surface area (Å²) in [6.45, 7) is -0.0854. The molecule has 2 aromatic carbocycles. The molecule has 0 fully saturated rings. The molecule has 140 valence electrons. The quantitative estimate of drug-likeness (QED) is 0.508. The second-order valence-electron chi connectivity index (χ2n) is 5.86. The summed E-state index contributed by atoms with van der Waals surface area (Å²) in [6.07, 6.45) is -0.183. The highest BCUT2D eigenvalue weighted by molar-refractivity contribution is 5.83. The van der Waals surface area contributed by atoms with Crippen LogP contribution in [0.4, 0.5) is 17.6 Å². The third-order valence-electron chi connectivity index (χ3n) is 4.01. The SMILES string of the molecule is O=C(O)C=CCc1nn(Cc2ccc(F)cc2F)c2cc(C(F)F)ccc12. The maximum atomic E-state index is 14.0. The minimum absolute atomic E-state index is 0.0854. The minimum Gasteiger partial charge on any atom is -0.478 e. The Labute approximate surface area is 151 Å². The van der Waals surface area contributed by atoms with Gasteiger partial charge in [0, 0.05) is 35.1 Å². The molecule has 8 heteroatoms. The number of aliphatic carboxylic acids is 1. The summed E-state index contributed by atoms with van der Waals surface area (Å²) < 4.78 is 54.5. The minimum atomic E-state index is -2.68. The average Bonchev–Trinajstić information content (AvgIpc) is 2.94. The van der Waals surface area contributed by atoms with E-state index in [0.29, 0.717) is 16.6 Å². The van der Waals surface area contributed by atoms with Gasteiger partial charge in [0.15, 0.2) is 0 Å². The van der Waals surface area contributed by atoms with Crippen molar-refractivity contribution in [3.8, 4) is 0 Å². The van der Waals surface area contributed by atoms with Gasteiger partial charge in [0.2, 0.25) is 0 Å². The van der Waals surface area contributed by atoms with Crippen LogP contribution in [0.3, 0.4) is 0 Å². The van der Waals surface area contributed by atoms with Crippen LogP contribution in [0.1, 0.15) is 23.2 Å². The van der Waals surface area contributed by atoms with Crippen LogP contribution < -0.4 is 0 Å². The third kappa shape index (κ3) is 4.16. The van der Waals surface area contributed by atoms with Gasteiger partial charge >= 0.3 is 5.97 Å². The van der Waals surface area contributed by atoms with Gasteiger partial charge < -0.3 is 5.11 Å². The van der Waals surface area contributed by atoms with E-state index in [4.69, 9.17) is 5.11 Å². The lowest BCUT2D eigenvalue weighted by atomic mass is 10.1. The van der Waals surface area contributed by atoms with Crippen molar-refractivity contribution in [2.75, 3.05) is 0 Å². The van der Waals surface area contributed by atoms with Crippen molar-refractivity contribution < 1.29 is 27.5 Å². The van der Waals surface area contributed by atoms with E-state index in [2.05, 4.69) is 5.10 Å². The number of fused-ring (bicyclic) bond motifs is 1. The number of halogens is 4. The van der Waals surface area contributed by atoms with E-state index in [0.717, 1.165) is 18.2 Å². The number of carboxylic acids is 1. The van der Waals surface area contributed by atoms with Crippen LogP contribution in [0.15, 0.2) is 48.6 Å². The topological polar surface area (TPSA) is 55.1 Å². The first-order valence-corrected chi connectivity index (χ1v) is 7.96. The zero-order valence-electron chi connectivity index (χ0n) is 13.9. The molecule has 4 nitrogen and oxygen atoms in total. The second-order valence-corrected chi connectivity index (χ2v) is 5.86. The Morgan fingerprint density at radius 2 is 1.96 bits per heavy atom. The molecular weight excluding hydrogens is 364 g/mol. The molecule has 27 heavy (non-hydrogen) atoms. The second kappa shape index (κ2) is 7.61. The number of allylic oxidation sites excluding steroid dienone is 1. The fourth-order valence-electron chi connectivity index (χ4n) is 2.75. The Hall–Kier alpha value is -3.16. The van der Waals surface area contributed by atoms with Crippen LogP contribution in [-0.2, 0) is 17.8 Å². The zero-order chi connectivity index (χ0) is 19.6. The summed E-state index contributed by atoms with van der Waals surface area (Å²) in [5.41, 5.74) is 0.757. The van der Waals surface area contributed by atoms with E-state index in [1.807, 2.05) is 0 Å². The van der Waals surface area contributed by atoms with Gasteiger partial charge in [-0.25, -0.2) is 22.4 Å². The Morgan fingerprint density at radius 3 is 2.63 bits per heavy atom. The molecule has 0 aliphatic heterocycles. The molecule has 1 heterocycles. The molecule has 3 rings (SSSR count). The lowest BCUT2D eigenvalue weighted by molar-refractivity contribution is -0.131. The number of hydrogen-bond donors (Lipinski definition) is 1. The molecule has 0 saturated heterocycles. The van der Waals surface area contributed by atoms with Crippen LogP contribution in [0.25, 0.3) is 10.9 Å². The van der Waals surface area contributed by atoms with Gasteiger partial charge in [0.1, 0.15) is 11.6 Å². The molecule has 0 amide bonds. The summed E-state index contributed by atoms with van der Waals surface area (Å²) in [7, 11) is 0. The molecule has 3 aromatic rings. The van der Waals surface area contributed by atoms with Gasteiger partial charge in [-0.3, -0.25) is 4.68 Å². The highest BCUT2D eigenvalue weighted by atomic mass is 19.3. The number of carbonyl (C=O) groups is 1. The average molecular weight is 378 g/mol. The number of benzene rings is 2. The number of alkyl halides is 2. The highest BCUT2D eigenvalue weighted by Crippen LogP contribution is 2.27. The van der Waals surface area contributed by atoms with Gasteiger partial charge in [0.25, 0.3) is 6.43 Å². The lowest BCUT2D eigenvalue weighted by Crippen LogP contribution is -2.05. The molecule has 1 aromatic heterocycles. The smallest absolute Gasteiger partial charge is 0.327 e. The van der Waals surface area contributed by atoms with E-state index >= 15 is 0 Å². The summed E-state index contributed by atoms with van der Waals surface area (Å²) in [6, 6.07) is 7.11. The van der Waals surface area contributed by atoms with Crippen molar-refractivity contribution in [2.45, 2.75) is 19.4 Å². The highest BCUT2D eigenvalue weighted by Gasteiger charge is 2.15. The molecule has 0 unspecified atom stereocenters. The fourth-order valence-corrected chi connectivity index (χ4v) is 2.75. The monoisotopic (exact) mass is 378 g/mol. The van der Waals surface area contributed by atoms with E-state index < -0.39 is 24.0 Å². The largest absolute Gasteiger partial charge is 0.478 e. The number of carboxylic acid groups (broad SMARTS) is 1. The number of nitrogens with zero attached hydrogens (tertiary/aromatic N) is 2. The van der Waals surface area contributed by atoms with Crippen LogP contribution in [0, 0.1) is 11.6 Å². The molecule has 0 saturated carbocycles. The molecule has 0 aliphatic carbocycles. The Balaban J connectivity index is 2.06. The van der Waals surface area contributed by atoms with Crippen molar-refractivity contribution in [1.29, 1.82) is 0 Å². The standard InChI is InChI=1S/C19H14F4N2O2/c20-13-6-4-12(15(21)9-13)10-25-17-8-11(19(22)23)5-7-14(17)16(24-25)2-1-3-18(26)27/h1,3-9,19H,2,10H2,(H,26,27). The fraction of sp³-hybridized carbons (Fsp3) is 0.158. The maximum absolute atomic E-state index is 14.0. The number of rotatable bonds is 6. The van der Waals surface area contributed by atoms with Crippen LogP contribution in [0.2, 0.25) is 0 Å². The first kappa shape index (κ1) is 18.6. The predicted molar refractivity (Wildman–Crippen MR) is 90.6 cm³/mol. The van der Waals surface area contributed by atoms with E-state index in [9.17, 15) is 22.4 Å². The Bertz CT molecular complexity index is 1030. The van der Waals surface area contributed by atoms with Gasteiger partial charge in [-0.15, -0.1) is 0 Å². The number of hydrogen-bond acceptors (Lipinski definition) is 2. The van der Waals surface area contributed by atoms with Gasteiger partial charge in [-0.1, -0.05) is 24.3 Å². The molecule has 0 aliphatic rings. The lowest BCUT2D eigenvalue weighted by Gasteiger charge is -2.06. The first-order valence-electron chi connectivity index (χ1n) is 7.96. The summed E-state index contributed by atoms with van der Waals surface area (Å²) in [5, 5.41) is 13.6. The molecule has 0 atom stereocenters. The molecule has 0 radical (unpaired) electrons. The maximum Gasteiger partial charge on any atom is 0.327 e. The summed E-state index contributed by atoms with van der Waals surface area (Å²) >= 11 is 0. The van der Waals surface area contributed by atoms with E-state index in [1.54, 1.807) is 0 Å². The van der Waals surface area contributed by atoms with Crippen molar-refractivity contribution in [3.63, 3.8) is 0 Å². The Kier molecular flexibility index (Phi) is 5.25. The molecular formula is C19H14F4N2O2. The van der Waals surface area contributed by atoms with Crippen LogP contribution in [-0.4, -0.2) is 20.9 Å². The zero-order valence-corrected chi connectivity index (χ0v) is 13.9. The number of aromatic nitrogens is 2. The van der Waals surface area contributed by atoms with Crippen LogP contribution >= 0.6 is 0 Å². The molecule has 1 N–H and O–H groups in total. The first-order chi connectivity index (χ1) is 12.8. The van der Waals surface area contributed by atoms with Crippen molar-refractivity contribution in [2.24, 2.45) is 0 Å². The molecule has 0 bridgehead atoms. The Morgan fingerprint density at radius 1 is 1.19 bits per heavy atom. The van der Waals surface area contributed by atoms with Crippen molar-refractivity contribution in [1.82, 2.24) is 9.78 Å². The van der Waals surface area contributed by atoms with E-state index in [-0.39, 0.29) is 24.1 Å². The predicted octanol–water partition coefficient (Wildman–Crippen LogP) is 4.48. The normalized spacial score (nSPS) is 11.7. The van der Waals surface area contributed by atoms with E-state index in [1.165, 1.54) is 35.0 Å². The summed E-state index contributed by atoms with van der Waals surface area (Å²) in [5.74, 6) is -2.61. The van der Waals surface area contributed by atoms with Crippen molar-refractivity contribution >= 4 is 16.9 Å². The third-order valence-corrected chi connectivity index (χ3v) is 4.01. The van der Waals surface area contributed by atoms with Crippen LogP contribution in [0.5, 0.6) is 0 Å². The van der Waals surface area contributed by atoms with Gasteiger partial charge in [-0.05, 0) is 12.1 Å². The molecule has 0 spiro atoms. The van der Waals surface area contributed by atoms with Gasteiger partial charge in [0.05, 0.1) is 17.8 Å². The van der Waals surface area contributed by atoms with Crippen molar-refractivity contribution in [3.05, 3.63) is 77.0 Å².